The minimum atomic E-state index is -0.949. The number of carboxylic acid groups (broad SMARTS) is 1. The van der Waals surface area contributed by atoms with Gasteiger partial charge in [-0.05, 0) is 41.5 Å². The van der Waals surface area contributed by atoms with Gasteiger partial charge in [0.05, 0.1) is 17.6 Å². The summed E-state index contributed by atoms with van der Waals surface area (Å²) in [4.78, 5) is 24.7. The van der Waals surface area contributed by atoms with E-state index in [-0.39, 0.29) is 18.0 Å². The molecule has 0 radical (unpaired) electrons. The van der Waals surface area contributed by atoms with Crippen LogP contribution in [0.3, 0.4) is 0 Å². The molecular formula is C17H11ClO4S. The van der Waals surface area contributed by atoms with Gasteiger partial charge in [-0.25, -0.2) is 0 Å². The molecule has 2 heterocycles. The lowest BCUT2D eigenvalue weighted by atomic mass is 10.1. The van der Waals surface area contributed by atoms with Crippen molar-refractivity contribution in [3.8, 4) is 10.4 Å². The molecule has 0 amide bonds. The standard InChI is InChI=1S/C17H11ClO4S/c18-12-5-3-10(4-6-12)17-11(9-15(19)20)8-14(23-17)16(21)13-2-1-7-22-13/h1-8H,9H2,(H,19,20). The molecule has 0 fully saturated rings. The van der Waals surface area contributed by atoms with E-state index in [1.54, 1.807) is 42.5 Å². The maximum Gasteiger partial charge on any atom is 0.307 e. The highest BCUT2D eigenvalue weighted by Gasteiger charge is 2.20. The maximum atomic E-state index is 12.4. The van der Waals surface area contributed by atoms with Crippen molar-refractivity contribution in [1.82, 2.24) is 0 Å². The molecule has 1 aromatic carbocycles. The van der Waals surface area contributed by atoms with Crippen molar-refractivity contribution in [3.63, 3.8) is 0 Å². The molecule has 3 aromatic rings. The third-order valence-corrected chi connectivity index (χ3v) is 4.70. The number of furan rings is 1. The Morgan fingerprint density at radius 2 is 1.91 bits per heavy atom. The summed E-state index contributed by atoms with van der Waals surface area (Å²) in [7, 11) is 0. The van der Waals surface area contributed by atoms with Gasteiger partial charge in [-0.3, -0.25) is 9.59 Å². The molecule has 6 heteroatoms. The molecule has 0 bridgehead atoms. The Labute approximate surface area is 140 Å². The molecule has 1 N–H and O–H groups in total. The van der Waals surface area contributed by atoms with Gasteiger partial charge in [0.25, 0.3) is 0 Å². The molecular weight excluding hydrogens is 336 g/mol. The molecule has 0 spiro atoms. The number of carboxylic acids is 1. The van der Waals surface area contributed by atoms with E-state index < -0.39 is 5.97 Å². The first-order chi connectivity index (χ1) is 11.0. The Balaban J connectivity index is 2.05. The van der Waals surface area contributed by atoms with E-state index in [2.05, 4.69) is 0 Å². The molecule has 2 aromatic heterocycles. The Morgan fingerprint density at radius 3 is 2.52 bits per heavy atom. The summed E-state index contributed by atoms with van der Waals surface area (Å²) >= 11 is 7.14. The summed E-state index contributed by atoms with van der Waals surface area (Å²) < 4.78 is 5.12. The predicted octanol–water partition coefficient (Wildman–Crippen LogP) is 4.52. The Hall–Kier alpha value is -2.37. The van der Waals surface area contributed by atoms with Gasteiger partial charge in [0, 0.05) is 9.90 Å². The van der Waals surface area contributed by atoms with E-state index in [9.17, 15) is 9.59 Å². The van der Waals surface area contributed by atoms with E-state index in [1.165, 1.54) is 17.6 Å². The molecule has 23 heavy (non-hydrogen) atoms. The van der Waals surface area contributed by atoms with Crippen LogP contribution < -0.4 is 0 Å². The highest BCUT2D eigenvalue weighted by Crippen LogP contribution is 2.35. The number of aliphatic carboxylic acids is 1. The lowest BCUT2D eigenvalue weighted by Crippen LogP contribution is -2.00. The Kier molecular flexibility index (Phi) is 4.32. The molecule has 4 nitrogen and oxygen atoms in total. The van der Waals surface area contributed by atoms with Crippen molar-refractivity contribution >= 4 is 34.7 Å². The minimum absolute atomic E-state index is 0.153. The number of ketones is 1. The zero-order valence-electron chi connectivity index (χ0n) is 11.8. The van der Waals surface area contributed by atoms with Crippen LogP contribution >= 0.6 is 22.9 Å². The van der Waals surface area contributed by atoms with Crippen molar-refractivity contribution in [2.24, 2.45) is 0 Å². The first-order valence-corrected chi connectivity index (χ1v) is 7.92. The summed E-state index contributed by atoms with van der Waals surface area (Å²) in [6.45, 7) is 0. The number of hydrogen-bond acceptors (Lipinski definition) is 4. The van der Waals surface area contributed by atoms with Gasteiger partial charge < -0.3 is 9.52 Å². The SMILES string of the molecule is O=C(O)Cc1cc(C(=O)c2ccco2)sc1-c1ccc(Cl)cc1. The van der Waals surface area contributed by atoms with Crippen LogP contribution in [-0.2, 0) is 11.2 Å². The number of halogens is 1. The van der Waals surface area contributed by atoms with E-state index in [4.69, 9.17) is 21.1 Å². The van der Waals surface area contributed by atoms with Gasteiger partial charge in [0.1, 0.15) is 0 Å². The number of hydrogen-bond donors (Lipinski definition) is 1. The van der Waals surface area contributed by atoms with Crippen LogP contribution in [0.2, 0.25) is 5.02 Å². The molecule has 3 rings (SSSR count). The minimum Gasteiger partial charge on any atom is -0.481 e. The van der Waals surface area contributed by atoms with Crippen molar-refractivity contribution < 1.29 is 19.1 Å². The molecule has 0 aliphatic rings. The van der Waals surface area contributed by atoms with Gasteiger partial charge in [-0.2, -0.15) is 0 Å². The number of rotatable bonds is 5. The lowest BCUT2D eigenvalue weighted by Gasteiger charge is -2.01. The van der Waals surface area contributed by atoms with E-state index in [0.29, 0.717) is 15.5 Å². The fourth-order valence-electron chi connectivity index (χ4n) is 2.21. The summed E-state index contributed by atoms with van der Waals surface area (Å²) in [5, 5.41) is 9.69. The summed E-state index contributed by atoms with van der Waals surface area (Å²) in [6, 6.07) is 11.9. The largest absolute Gasteiger partial charge is 0.481 e. The Bertz CT molecular complexity index is 847. The first-order valence-electron chi connectivity index (χ1n) is 6.73. The molecule has 116 valence electrons. The van der Waals surface area contributed by atoms with E-state index in [1.807, 2.05) is 0 Å². The van der Waals surface area contributed by atoms with Crippen LogP contribution in [-0.4, -0.2) is 16.9 Å². The summed E-state index contributed by atoms with van der Waals surface area (Å²) in [5.74, 6) is -0.974. The molecule has 0 saturated heterocycles. The fourth-order valence-corrected chi connectivity index (χ4v) is 3.47. The lowest BCUT2D eigenvalue weighted by molar-refractivity contribution is -0.136. The van der Waals surface area contributed by atoms with Crippen molar-refractivity contribution in [3.05, 3.63) is 70.0 Å². The predicted molar refractivity (Wildman–Crippen MR) is 88.2 cm³/mol. The van der Waals surface area contributed by atoms with Crippen molar-refractivity contribution in [2.75, 3.05) is 0 Å². The number of carbonyl (C=O) groups excluding carboxylic acids is 1. The third kappa shape index (κ3) is 3.36. The average Bonchev–Trinajstić information content (AvgIpc) is 3.16. The average molecular weight is 347 g/mol. The molecule has 0 atom stereocenters. The van der Waals surface area contributed by atoms with Crippen LogP contribution in [0.25, 0.3) is 10.4 Å². The quantitative estimate of drug-likeness (QED) is 0.690. The number of benzene rings is 1. The van der Waals surface area contributed by atoms with E-state index in [0.717, 1.165) is 10.4 Å². The second-order valence-electron chi connectivity index (χ2n) is 4.85. The van der Waals surface area contributed by atoms with Crippen molar-refractivity contribution in [2.45, 2.75) is 6.42 Å². The van der Waals surface area contributed by atoms with Crippen LogP contribution in [0, 0.1) is 0 Å². The topological polar surface area (TPSA) is 67.5 Å². The maximum absolute atomic E-state index is 12.4. The van der Waals surface area contributed by atoms with Crippen LogP contribution in [0.1, 0.15) is 21.0 Å². The second-order valence-corrected chi connectivity index (χ2v) is 6.34. The van der Waals surface area contributed by atoms with Gasteiger partial charge in [0.2, 0.25) is 5.78 Å². The number of thiophene rings is 1. The zero-order valence-corrected chi connectivity index (χ0v) is 13.4. The first kappa shape index (κ1) is 15.5. The molecule has 0 saturated carbocycles. The van der Waals surface area contributed by atoms with Gasteiger partial charge in [0.15, 0.2) is 5.76 Å². The van der Waals surface area contributed by atoms with Crippen LogP contribution in [0.15, 0.2) is 53.1 Å². The van der Waals surface area contributed by atoms with Gasteiger partial charge in [-0.1, -0.05) is 23.7 Å². The van der Waals surface area contributed by atoms with Gasteiger partial charge in [-0.15, -0.1) is 11.3 Å². The smallest absolute Gasteiger partial charge is 0.307 e. The summed E-state index contributed by atoms with van der Waals surface area (Å²) in [5.41, 5.74) is 1.42. The highest BCUT2D eigenvalue weighted by atomic mass is 35.5. The normalized spacial score (nSPS) is 10.7. The van der Waals surface area contributed by atoms with Gasteiger partial charge >= 0.3 is 5.97 Å². The third-order valence-electron chi connectivity index (χ3n) is 3.23. The molecule has 0 aliphatic heterocycles. The Morgan fingerprint density at radius 1 is 1.17 bits per heavy atom. The zero-order chi connectivity index (χ0) is 16.4. The van der Waals surface area contributed by atoms with Crippen LogP contribution in [0.4, 0.5) is 0 Å². The van der Waals surface area contributed by atoms with Crippen LogP contribution in [0.5, 0.6) is 0 Å². The second kappa shape index (κ2) is 6.40. The monoisotopic (exact) mass is 346 g/mol. The molecule has 0 unspecified atom stereocenters. The fraction of sp³-hybridized carbons (Fsp3) is 0.0588. The highest BCUT2D eigenvalue weighted by molar-refractivity contribution is 7.17. The number of carbonyl (C=O) groups is 2. The molecule has 0 aliphatic carbocycles. The van der Waals surface area contributed by atoms with E-state index >= 15 is 0 Å². The van der Waals surface area contributed by atoms with Crippen molar-refractivity contribution in [1.29, 1.82) is 0 Å². The summed E-state index contributed by atoms with van der Waals surface area (Å²) in [6.07, 6.45) is 1.28.